The molecular weight excluding hydrogens is 342 g/mol. The molecule has 2 amide bonds. The lowest BCUT2D eigenvalue weighted by Gasteiger charge is -2.49. The van der Waals surface area contributed by atoms with Gasteiger partial charge in [0.05, 0.1) is 23.2 Å². The van der Waals surface area contributed by atoms with Crippen LogP contribution in [0.4, 0.5) is 0 Å². The molecule has 1 fully saturated rings. The van der Waals surface area contributed by atoms with Gasteiger partial charge in [-0.05, 0) is 45.0 Å². The molecule has 3 aliphatic rings. The number of amides is 2. The summed E-state index contributed by atoms with van der Waals surface area (Å²) in [5.41, 5.74) is 6.48. The van der Waals surface area contributed by atoms with Crippen LogP contribution in [0.1, 0.15) is 19.8 Å². The first-order chi connectivity index (χ1) is 12.7. The van der Waals surface area contributed by atoms with E-state index in [9.17, 15) is 9.59 Å². The molecule has 146 valence electrons. The third kappa shape index (κ3) is 3.69. The first kappa shape index (κ1) is 19.4. The highest BCUT2D eigenvalue weighted by molar-refractivity contribution is 6.24. The fourth-order valence-corrected chi connectivity index (χ4v) is 4.30. The molecule has 1 saturated heterocycles. The molecule has 0 aromatic rings. The Morgan fingerprint density at radius 3 is 2.63 bits per heavy atom. The van der Waals surface area contributed by atoms with Crippen molar-refractivity contribution in [1.29, 1.82) is 5.41 Å². The Morgan fingerprint density at radius 1 is 1.37 bits per heavy atom. The third-order valence-electron chi connectivity index (χ3n) is 5.51. The normalized spacial score (nSPS) is 30.1. The molecule has 3 atom stereocenters. The van der Waals surface area contributed by atoms with Gasteiger partial charge in [-0.3, -0.25) is 9.59 Å². The third-order valence-corrected chi connectivity index (χ3v) is 5.51. The number of nitrogens with zero attached hydrogens (tertiary/aromatic N) is 2. The van der Waals surface area contributed by atoms with E-state index in [-0.39, 0.29) is 23.2 Å². The predicted octanol–water partition coefficient (Wildman–Crippen LogP) is 0.650. The Morgan fingerprint density at radius 2 is 2.07 bits per heavy atom. The van der Waals surface area contributed by atoms with Crippen LogP contribution in [0.2, 0.25) is 0 Å². The van der Waals surface area contributed by atoms with E-state index >= 15 is 0 Å². The lowest BCUT2D eigenvalue weighted by molar-refractivity contribution is -0.122. The van der Waals surface area contributed by atoms with Gasteiger partial charge in [0.15, 0.2) is 0 Å². The zero-order chi connectivity index (χ0) is 19.8. The average Bonchev–Trinajstić information content (AvgIpc) is 2.50. The van der Waals surface area contributed by atoms with E-state index in [1.165, 1.54) is 0 Å². The fraction of sp³-hybridized carbons (Fsp3) is 0.550. The Labute approximate surface area is 160 Å². The molecule has 0 aromatic heterocycles. The van der Waals surface area contributed by atoms with Crippen LogP contribution in [-0.2, 0) is 9.59 Å². The van der Waals surface area contributed by atoms with E-state index in [0.29, 0.717) is 25.4 Å². The first-order valence-corrected chi connectivity index (χ1v) is 9.41. The fourth-order valence-electron chi connectivity index (χ4n) is 4.30. The Hall–Kier alpha value is -2.41. The van der Waals surface area contributed by atoms with Crippen LogP contribution >= 0.6 is 0 Å². The number of nitrogens with one attached hydrogen (secondary N) is 2. The molecule has 3 rings (SSSR count). The highest BCUT2D eigenvalue weighted by atomic mass is 16.2. The maximum Gasteiger partial charge on any atom is 0.250 e. The second-order valence-corrected chi connectivity index (χ2v) is 8.20. The smallest absolute Gasteiger partial charge is 0.250 e. The van der Waals surface area contributed by atoms with Crippen molar-refractivity contribution in [3.63, 3.8) is 0 Å². The van der Waals surface area contributed by atoms with Gasteiger partial charge in [-0.15, -0.1) is 0 Å². The van der Waals surface area contributed by atoms with E-state index in [2.05, 4.69) is 17.1 Å². The van der Waals surface area contributed by atoms with E-state index < -0.39 is 11.3 Å². The predicted molar refractivity (Wildman–Crippen MR) is 105 cm³/mol. The Kier molecular flexibility index (Phi) is 5.24. The van der Waals surface area contributed by atoms with Crippen LogP contribution in [0.25, 0.3) is 0 Å². The van der Waals surface area contributed by atoms with E-state index in [1.54, 1.807) is 6.08 Å². The summed E-state index contributed by atoms with van der Waals surface area (Å²) in [5.74, 6) is -0.115. The lowest BCUT2D eigenvalue weighted by atomic mass is 9.65. The monoisotopic (exact) mass is 371 g/mol. The summed E-state index contributed by atoms with van der Waals surface area (Å²) in [6.45, 7) is 4.13. The van der Waals surface area contributed by atoms with Gasteiger partial charge in [0.1, 0.15) is 0 Å². The van der Waals surface area contributed by atoms with Crippen molar-refractivity contribution in [3.8, 4) is 0 Å². The second-order valence-electron chi connectivity index (χ2n) is 8.20. The molecule has 0 saturated carbocycles. The number of piperidine rings is 1. The van der Waals surface area contributed by atoms with Crippen molar-refractivity contribution < 1.29 is 9.59 Å². The number of allylic oxidation sites excluding steroid dienone is 4. The van der Waals surface area contributed by atoms with Gasteiger partial charge in [0.2, 0.25) is 5.91 Å². The van der Waals surface area contributed by atoms with Gasteiger partial charge in [-0.1, -0.05) is 19.1 Å². The average molecular weight is 371 g/mol. The van der Waals surface area contributed by atoms with Crippen LogP contribution < -0.4 is 11.1 Å². The molecule has 0 aromatic carbocycles. The lowest BCUT2D eigenvalue weighted by Crippen LogP contribution is -2.55. The summed E-state index contributed by atoms with van der Waals surface area (Å²) in [7, 11) is 3.76. The maximum absolute atomic E-state index is 12.2. The van der Waals surface area contributed by atoms with Crippen molar-refractivity contribution in [2.24, 2.45) is 17.1 Å². The summed E-state index contributed by atoms with van der Waals surface area (Å²) in [6.07, 6.45) is 9.25. The number of likely N-dealkylation sites (N-methyl/N-ethyl adjacent to an activating group) is 1. The number of nitrogens with two attached hydrogens (primary N) is 1. The molecule has 1 heterocycles. The van der Waals surface area contributed by atoms with E-state index in [1.807, 2.05) is 37.2 Å². The van der Waals surface area contributed by atoms with Gasteiger partial charge in [0, 0.05) is 24.8 Å². The maximum atomic E-state index is 12.2. The van der Waals surface area contributed by atoms with Crippen LogP contribution in [0.15, 0.2) is 35.6 Å². The largest absolute Gasteiger partial charge is 0.371 e. The van der Waals surface area contributed by atoms with E-state index in [4.69, 9.17) is 11.1 Å². The van der Waals surface area contributed by atoms with Gasteiger partial charge >= 0.3 is 0 Å². The molecule has 0 radical (unpaired) electrons. The highest BCUT2D eigenvalue weighted by Crippen LogP contribution is 2.47. The highest BCUT2D eigenvalue weighted by Gasteiger charge is 2.47. The number of hydrogen-bond acceptors (Lipinski definition) is 5. The molecular formula is C20H29N5O2. The molecule has 7 heteroatoms. The number of likely N-dealkylation sites (tertiary alicyclic amines) is 1. The van der Waals surface area contributed by atoms with Crippen molar-refractivity contribution in [3.05, 3.63) is 35.6 Å². The summed E-state index contributed by atoms with van der Waals surface area (Å²) in [6, 6.07) is 0.0684. The minimum absolute atomic E-state index is 0.0265. The summed E-state index contributed by atoms with van der Waals surface area (Å²) in [4.78, 5) is 28.0. The van der Waals surface area contributed by atoms with Crippen LogP contribution in [0, 0.1) is 16.7 Å². The van der Waals surface area contributed by atoms with Crippen LogP contribution in [0.3, 0.4) is 0 Å². The molecule has 1 unspecified atom stereocenters. The number of hydrogen-bond donors (Lipinski definition) is 3. The van der Waals surface area contributed by atoms with E-state index in [0.717, 1.165) is 18.7 Å². The molecule has 27 heavy (non-hydrogen) atoms. The first-order valence-electron chi connectivity index (χ1n) is 9.41. The molecule has 7 nitrogen and oxygen atoms in total. The standard InChI is InChI=1S/C20H29N5O2/c1-13-9-14(23-17(26)12-24(2)3)11-25(10-13)16-6-5-15(19(22)27)18(21)20(16)7-4-8-20/h4-7,13-14,21H,8-12H2,1-3H3,(H2,22,27)(H,23,26)/t13-,14+,20?/m0/s1. The zero-order valence-corrected chi connectivity index (χ0v) is 16.3. The molecule has 2 aliphatic carbocycles. The van der Waals surface area contributed by atoms with Crippen molar-refractivity contribution >= 4 is 17.5 Å². The van der Waals surface area contributed by atoms with Crippen molar-refractivity contribution in [2.75, 3.05) is 33.7 Å². The SMILES string of the molecule is C[C@H]1C[C@@H](NC(=O)CN(C)C)CN(C2=CC=C(C(N)=O)C(=N)C23C=CC3)C1. The Bertz CT molecular complexity index is 751. The van der Waals surface area contributed by atoms with Crippen molar-refractivity contribution in [2.45, 2.75) is 25.8 Å². The summed E-state index contributed by atoms with van der Waals surface area (Å²) < 4.78 is 0. The number of carbonyl (C=O) groups is 2. The molecule has 1 spiro atoms. The number of carbonyl (C=O) groups excluding carboxylic acids is 2. The number of primary amides is 1. The Balaban J connectivity index is 1.81. The van der Waals surface area contributed by atoms with Crippen LogP contribution in [-0.4, -0.2) is 67.1 Å². The van der Waals surface area contributed by atoms with Gasteiger partial charge in [-0.2, -0.15) is 0 Å². The van der Waals surface area contributed by atoms with Crippen LogP contribution in [0.5, 0.6) is 0 Å². The van der Waals surface area contributed by atoms with Gasteiger partial charge < -0.3 is 26.3 Å². The summed E-state index contributed by atoms with van der Waals surface area (Å²) >= 11 is 0. The van der Waals surface area contributed by atoms with Gasteiger partial charge in [-0.25, -0.2) is 0 Å². The van der Waals surface area contributed by atoms with Crippen molar-refractivity contribution in [1.82, 2.24) is 15.1 Å². The molecule has 4 N–H and O–H groups in total. The molecule has 1 aliphatic heterocycles. The minimum atomic E-state index is -0.561. The van der Waals surface area contributed by atoms with Gasteiger partial charge in [0.25, 0.3) is 5.91 Å². The second kappa shape index (κ2) is 7.31. The summed E-state index contributed by atoms with van der Waals surface area (Å²) in [5, 5.41) is 11.7. The minimum Gasteiger partial charge on any atom is -0.371 e. The molecule has 0 bridgehead atoms. The number of rotatable bonds is 5. The topological polar surface area (TPSA) is 103 Å². The quantitative estimate of drug-likeness (QED) is 0.618. The zero-order valence-electron chi connectivity index (χ0n) is 16.3.